The summed E-state index contributed by atoms with van der Waals surface area (Å²) in [6.45, 7) is 1.82. The van der Waals surface area contributed by atoms with Crippen LogP contribution in [0, 0.1) is 16.8 Å². The molecule has 0 aromatic heterocycles. The van der Waals surface area contributed by atoms with E-state index in [1.165, 1.54) is 12.1 Å². The fraction of sp³-hybridized carbons (Fsp3) is 0.294. The number of nitrogens with one attached hydrogen (secondary N) is 1. The lowest BCUT2D eigenvalue weighted by Crippen LogP contribution is -2.31. The third kappa shape index (κ3) is 3.16. The molecule has 1 aliphatic heterocycles. The van der Waals surface area contributed by atoms with Gasteiger partial charge in [-0.2, -0.15) is 0 Å². The summed E-state index contributed by atoms with van der Waals surface area (Å²) in [5.74, 6) is -1.47. The van der Waals surface area contributed by atoms with Crippen LogP contribution >= 0.6 is 0 Å². The van der Waals surface area contributed by atoms with E-state index in [-0.39, 0.29) is 12.0 Å². The Morgan fingerprint density at radius 3 is 2.55 bits per heavy atom. The summed E-state index contributed by atoms with van der Waals surface area (Å²) in [6.07, 6.45) is 0. The molecule has 1 fully saturated rings. The molecular formula is C17H17F2N2O-. The SMILES string of the molecule is [O-]N[C@H]1CN(Cc2ccccc2)CC1c1ccc(F)cc1F. The largest absolute Gasteiger partial charge is 0.787 e. The highest BCUT2D eigenvalue weighted by Crippen LogP contribution is 2.30. The highest BCUT2D eigenvalue weighted by molar-refractivity contribution is 5.27. The quantitative estimate of drug-likeness (QED) is 0.882. The second-order valence-corrected chi connectivity index (χ2v) is 5.68. The minimum atomic E-state index is -0.605. The third-order valence-corrected chi connectivity index (χ3v) is 4.16. The molecule has 5 heteroatoms. The average molecular weight is 303 g/mol. The lowest BCUT2D eigenvalue weighted by molar-refractivity contribution is 0.321. The molecule has 1 saturated heterocycles. The number of rotatable bonds is 4. The van der Waals surface area contributed by atoms with Crippen LogP contribution in [0.1, 0.15) is 17.0 Å². The van der Waals surface area contributed by atoms with Gasteiger partial charge in [-0.1, -0.05) is 36.4 Å². The highest BCUT2D eigenvalue weighted by Gasteiger charge is 2.33. The smallest absolute Gasteiger partial charge is 0.129 e. The van der Waals surface area contributed by atoms with E-state index < -0.39 is 11.6 Å². The van der Waals surface area contributed by atoms with Crippen molar-refractivity contribution < 1.29 is 8.78 Å². The molecule has 0 spiro atoms. The summed E-state index contributed by atoms with van der Waals surface area (Å²) >= 11 is 0. The van der Waals surface area contributed by atoms with Crippen LogP contribution < -0.4 is 5.48 Å². The number of benzene rings is 2. The summed E-state index contributed by atoms with van der Waals surface area (Å²) in [7, 11) is 0. The molecule has 1 unspecified atom stereocenters. The van der Waals surface area contributed by atoms with E-state index >= 15 is 0 Å². The number of halogens is 2. The van der Waals surface area contributed by atoms with Gasteiger partial charge in [0.25, 0.3) is 0 Å². The van der Waals surface area contributed by atoms with Crippen LogP contribution in [0.15, 0.2) is 48.5 Å². The Balaban J connectivity index is 1.77. The van der Waals surface area contributed by atoms with Gasteiger partial charge in [-0.05, 0) is 17.2 Å². The van der Waals surface area contributed by atoms with E-state index in [0.29, 0.717) is 25.2 Å². The lowest BCUT2D eigenvalue weighted by atomic mass is 9.94. The maximum Gasteiger partial charge on any atom is 0.129 e. The molecule has 0 saturated carbocycles. The second kappa shape index (κ2) is 6.52. The molecule has 0 bridgehead atoms. The van der Waals surface area contributed by atoms with E-state index in [4.69, 9.17) is 0 Å². The molecule has 22 heavy (non-hydrogen) atoms. The molecule has 0 radical (unpaired) electrons. The maximum atomic E-state index is 14.0. The maximum absolute atomic E-state index is 14.0. The minimum Gasteiger partial charge on any atom is -0.787 e. The van der Waals surface area contributed by atoms with Gasteiger partial charge in [0.1, 0.15) is 11.6 Å². The molecule has 1 heterocycles. The monoisotopic (exact) mass is 303 g/mol. The van der Waals surface area contributed by atoms with Crippen molar-refractivity contribution in [1.29, 1.82) is 0 Å². The van der Waals surface area contributed by atoms with E-state index in [0.717, 1.165) is 11.6 Å². The van der Waals surface area contributed by atoms with Crippen molar-refractivity contribution in [2.75, 3.05) is 13.1 Å². The molecule has 3 nitrogen and oxygen atoms in total. The van der Waals surface area contributed by atoms with E-state index in [1.807, 2.05) is 35.8 Å². The molecule has 2 aromatic rings. The Morgan fingerprint density at radius 2 is 1.86 bits per heavy atom. The topological polar surface area (TPSA) is 38.3 Å². The standard InChI is InChI=1S/C17H17F2N2O/c18-13-6-7-14(16(19)8-13)15-10-21(11-17(15)20-22)9-12-4-2-1-3-5-12/h1-8,15,17,20H,9-11H2/q-1/t15?,17-/m0/s1. The fourth-order valence-corrected chi connectivity index (χ4v) is 3.09. The van der Waals surface area contributed by atoms with Gasteiger partial charge in [0, 0.05) is 37.7 Å². The number of hydrogen-bond acceptors (Lipinski definition) is 3. The van der Waals surface area contributed by atoms with Gasteiger partial charge in [-0.3, -0.25) is 4.90 Å². The minimum absolute atomic E-state index is 0.276. The number of nitrogens with zero attached hydrogens (tertiary/aromatic N) is 1. The molecular weight excluding hydrogens is 286 g/mol. The van der Waals surface area contributed by atoms with Crippen LogP contribution in [0.4, 0.5) is 8.78 Å². The van der Waals surface area contributed by atoms with Gasteiger partial charge < -0.3 is 10.7 Å². The van der Waals surface area contributed by atoms with Crippen LogP contribution in [0.5, 0.6) is 0 Å². The normalized spacial score (nSPS) is 22.1. The Kier molecular flexibility index (Phi) is 4.47. The molecule has 0 aliphatic carbocycles. The second-order valence-electron chi connectivity index (χ2n) is 5.68. The first kappa shape index (κ1) is 15.1. The van der Waals surface area contributed by atoms with Crippen LogP contribution in [0.25, 0.3) is 0 Å². The van der Waals surface area contributed by atoms with Gasteiger partial charge in [0.15, 0.2) is 0 Å². The molecule has 2 atom stereocenters. The van der Waals surface area contributed by atoms with Gasteiger partial charge in [0.2, 0.25) is 0 Å². The predicted molar refractivity (Wildman–Crippen MR) is 81.1 cm³/mol. The van der Waals surface area contributed by atoms with Crippen LogP contribution in [-0.4, -0.2) is 24.0 Å². The number of hydrogen-bond donors (Lipinski definition) is 1. The molecule has 3 rings (SSSR count). The highest BCUT2D eigenvalue weighted by atomic mass is 19.1. The van der Waals surface area contributed by atoms with Crippen molar-refractivity contribution in [2.45, 2.75) is 18.5 Å². The van der Waals surface area contributed by atoms with Crippen LogP contribution in [0.3, 0.4) is 0 Å². The van der Waals surface area contributed by atoms with Gasteiger partial charge in [0.05, 0.1) is 0 Å². The molecule has 116 valence electrons. The fourth-order valence-electron chi connectivity index (χ4n) is 3.09. The number of likely N-dealkylation sites (tertiary alicyclic amines) is 1. The summed E-state index contributed by atoms with van der Waals surface area (Å²) in [6, 6.07) is 13.1. The zero-order chi connectivity index (χ0) is 15.5. The van der Waals surface area contributed by atoms with Crippen molar-refractivity contribution in [3.05, 3.63) is 76.5 Å². The Labute approximate surface area is 128 Å². The van der Waals surface area contributed by atoms with Crippen molar-refractivity contribution in [1.82, 2.24) is 10.4 Å². The number of hydroxylamine groups is 1. The molecule has 2 aromatic carbocycles. The van der Waals surface area contributed by atoms with Crippen molar-refractivity contribution in [2.24, 2.45) is 0 Å². The average Bonchev–Trinajstić information content (AvgIpc) is 2.91. The van der Waals surface area contributed by atoms with Crippen molar-refractivity contribution in [3.8, 4) is 0 Å². The van der Waals surface area contributed by atoms with E-state index in [2.05, 4.69) is 4.90 Å². The first-order chi connectivity index (χ1) is 10.7. The van der Waals surface area contributed by atoms with Crippen molar-refractivity contribution >= 4 is 0 Å². The Morgan fingerprint density at radius 1 is 1.09 bits per heavy atom. The van der Waals surface area contributed by atoms with Gasteiger partial charge in [-0.25, -0.2) is 8.78 Å². The summed E-state index contributed by atoms with van der Waals surface area (Å²) in [4.78, 5) is 2.11. The van der Waals surface area contributed by atoms with Gasteiger partial charge >= 0.3 is 0 Å². The Hall–Kier alpha value is -1.82. The lowest BCUT2D eigenvalue weighted by Gasteiger charge is -2.23. The van der Waals surface area contributed by atoms with Gasteiger partial charge in [-0.15, -0.1) is 0 Å². The molecule has 1 N–H and O–H groups in total. The first-order valence-corrected chi connectivity index (χ1v) is 7.26. The predicted octanol–water partition coefficient (Wildman–Crippen LogP) is 3.02. The first-order valence-electron chi connectivity index (χ1n) is 7.26. The van der Waals surface area contributed by atoms with Crippen LogP contribution in [0.2, 0.25) is 0 Å². The zero-order valence-electron chi connectivity index (χ0n) is 12.0. The Bertz CT molecular complexity index is 636. The van der Waals surface area contributed by atoms with Crippen LogP contribution in [-0.2, 0) is 6.54 Å². The summed E-state index contributed by atoms with van der Waals surface area (Å²) in [5, 5.41) is 11.2. The van der Waals surface area contributed by atoms with E-state index in [1.54, 1.807) is 0 Å². The molecule has 0 amide bonds. The summed E-state index contributed by atoms with van der Waals surface area (Å²) in [5.41, 5.74) is 3.56. The molecule has 1 aliphatic rings. The zero-order valence-corrected chi connectivity index (χ0v) is 12.0. The third-order valence-electron chi connectivity index (χ3n) is 4.16. The van der Waals surface area contributed by atoms with E-state index in [9.17, 15) is 14.0 Å². The van der Waals surface area contributed by atoms with Crippen molar-refractivity contribution in [3.63, 3.8) is 0 Å². The summed E-state index contributed by atoms with van der Waals surface area (Å²) < 4.78 is 27.0.